The van der Waals surface area contributed by atoms with Crippen molar-refractivity contribution in [2.24, 2.45) is 0 Å². The van der Waals surface area contributed by atoms with Crippen molar-refractivity contribution in [1.29, 1.82) is 0 Å². The molecule has 1 aromatic heterocycles. The van der Waals surface area contributed by atoms with Crippen LogP contribution in [-0.2, 0) is 11.3 Å². The summed E-state index contributed by atoms with van der Waals surface area (Å²) in [7, 11) is 0. The van der Waals surface area contributed by atoms with Crippen molar-refractivity contribution in [1.82, 2.24) is 14.5 Å². The third-order valence-electron chi connectivity index (χ3n) is 5.20. The molecule has 140 valence electrons. The van der Waals surface area contributed by atoms with E-state index in [1.54, 1.807) is 0 Å². The molecule has 27 heavy (non-hydrogen) atoms. The molecule has 1 aliphatic heterocycles. The van der Waals surface area contributed by atoms with Gasteiger partial charge in [0, 0.05) is 32.6 Å². The number of hydrogen-bond donors (Lipinski definition) is 0. The van der Waals surface area contributed by atoms with Crippen molar-refractivity contribution in [2.75, 3.05) is 31.1 Å². The van der Waals surface area contributed by atoms with Crippen LogP contribution in [0.5, 0.6) is 0 Å². The summed E-state index contributed by atoms with van der Waals surface area (Å²) in [5, 5.41) is 0. The predicted molar refractivity (Wildman–Crippen MR) is 109 cm³/mol. The number of piperazine rings is 1. The second-order valence-electron chi connectivity index (χ2n) is 7.09. The number of imidazole rings is 1. The minimum absolute atomic E-state index is 0.273. The maximum Gasteiger partial charge on any atom is 0.222 e. The van der Waals surface area contributed by atoms with Crippen molar-refractivity contribution in [3.05, 3.63) is 60.2 Å². The summed E-state index contributed by atoms with van der Waals surface area (Å²) in [5.41, 5.74) is 3.44. The quantitative estimate of drug-likeness (QED) is 0.697. The van der Waals surface area contributed by atoms with Crippen LogP contribution in [0, 0.1) is 0 Å². The van der Waals surface area contributed by atoms with Crippen LogP contribution in [0.25, 0.3) is 11.0 Å². The van der Waals surface area contributed by atoms with E-state index < -0.39 is 0 Å². The summed E-state index contributed by atoms with van der Waals surface area (Å²) < 4.78 is 2.30. The second-order valence-corrected chi connectivity index (χ2v) is 7.09. The number of nitrogens with zero attached hydrogens (tertiary/aromatic N) is 4. The van der Waals surface area contributed by atoms with Gasteiger partial charge in [0.2, 0.25) is 11.9 Å². The molecule has 1 saturated heterocycles. The Balaban J connectivity index is 1.60. The number of anilines is 1. The van der Waals surface area contributed by atoms with E-state index in [4.69, 9.17) is 4.98 Å². The Morgan fingerprint density at radius 2 is 1.67 bits per heavy atom. The summed E-state index contributed by atoms with van der Waals surface area (Å²) in [5.74, 6) is 1.28. The molecular weight excluding hydrogens is 336 g/mol. The summed E-state index contributed by atoms with van der Waals surface area (Å²) >= 11 is 0. The number of amides is 1. The van der Waals surface area contributed by atoms with Crippen LogP contribution < -0.4 is 4.90 Å². The monoisotopic (exact) mass is 362 g/mol. The topological polar surface area (TPSA) is 41.4 Å². The minimum Gasteiger partial charge on any atom is -0.339 e. The van der Waals surface area contributed by atoms with Crippen LogP contribution in [0.4, 0.5) is 5.95 Å². The average Bonchev–Trinajstić information content (AvgIpc) is 3.08. The standard InChI is InChI=1S/C22H26N4O/c1-2-8-21(27)24-13-15-25(16-14-24)22-23-19-11-6-7-12-20(19)26(22)17-18-9-4-3-5-10-18/h3-7,9-12H,2,8,13-17H2,1H3. The molecule has 4 rings (SSSR count). The molecule has 3 aromatic rings. The Hall–Kier alpha value is -2.82. The third-order valence-corrected chi connectivity index (χ3v) is 5.20. The first-order chi connectivity index (χ1) is 13.3. The Morgan fingerprint density at radius 1 is 0.963 bits per heavy atom. The van der Waals surface area contributed by atoms with Gasteiger partial charge in [-0.15, -0.1) is 0 Å². The maximum atomic E-state index is 12.2. The highest BCUT2D eigenvalue weighted by Gasteiger charge is 2.24. The van der Waals surface area contributed by atoms with E-state index >= 15 is 0 Å². The van der Waals surface area contributed by atoms with E-state index in [-0.39, 0.29) is 5.91 Å². The lowest BCUT2D eigenvalue weighted by Crippen LogP contribution is -2.49. The largest absolute Gasteiger partial charge is 0.339 e. The number of fused-ring (bicyclic) bond motifs is 1. The molecule has 1 amide bonds. The molecule has 0 spiro atoms. The van der Waals surface area contributed by atoms with Gasteiger partial charge in [0.15, 0.2) is 0 Å². The van der Waals surface area contributed by atoms with Crippen LogP contribution >= 0.6 is 0 Å². The summed E-state index contributed by atoms with van der Waals surface area (Å²) in [6, 6.07) is 18.8. The number of rotatable bonds is 5. The molecule has 0 atom stereocenters. The molecule has 0 radical (unpaired) electrons. The highest BCUT2D eigenvalue weighted by molar-refractivity contribution is 5.79. The van der Waals surface area contributed by atoms with Crippen LogP contribution in [0.15, 0.2) is 54.6 Å². The average molecular weight is 362 g/mol. The number of para-hydroxylation sites is 2. The first kappa shape index (κ1) is 17.6. The zero-order valence-corrected chi connectivity index (χ0v) is 15.8. The van der Waals surface area contributed by atoms with Crippen LogP contribution in [0.2, 0.25) is 0 Å². The molecule has 5 heteroatoms. The lowest BCUT2D eigenvalue weighted by atomic mass is 10.2. The second kappa shape index (κ2) is 7.82. The van der Waals surface area contributed by atoms with Crippen molar-refractivity contribution < 1.29 is 4.79 Å². The number of aromatic nitrogens is 2. The first-order valence-electron chi connectivity index (χ1n) is 9.78. The number of carbonyl (C=O) groups excluding carboxylic acids is 1. The third kappa shape index (κ3) is 3.68. The molecule has 2 heterocycles. The fraction of sp³-hybridized carbons (Fsp3) is 0.364. The van der Waals surface area contributed by atoms with Crippen molar-refractivity contribution >= 4 is 22.9 Å². The highest BCUT2D eigenvalue weighted by Crippen LogP contribution is 2.25. The minimum atomic E-state index is 0.273. The summed E-state index contributed by atoms with van der Waals surface area (Å²) in [6.07, 6.45) is 1.55. The maximum absolute atomic E-state index is 12.2. The van der Waals surface area contributed by atoms with Crippen molar-refractivity contribution in [3.8, 4) is 0 Å². The van der Waals surface area contributed by atoms with Gasteiger partial charge in [-0.05, 0) is 24.1 Å². The van der Waals surface area contributed by atoms with Crippen LogP contribution in [-0.4, -0.2) is 46.5 Å². The molecule has 0 unspecified atom stereocenters. The molecule has 1 aliphatic rings. The van der Waals surface area contributed by atoms with Gasteiger partial charge in [0.1, 0.15) is 0 Å². The SMILES string of the molecule is CCCC(=O)N1CCN(c2nc3ccccc3n2Cc2ccccc2)CC1. The van der Waals surface area contributed by atoms with E-state index in [0.717, 1.165) is 56.1 Å². The smallest absolute Gasteiger partial charge is 0.222 e. The van der Waals surface area contributed by atoms with E-state index in [9.17, 15) is 4.79 Å². The molecule has 0 saturated carbocycles. The highest BCUT2D eigenvalue weighted by atomic mass is 16.2. The number of benzene rings is 2. The Kier molecular flexibility index (Phi) is 5.10. The molecule has 2 aromatic carbocycles. The summed E-state index contributed by atoms with van der Waals surface area (Å²) in [4.78, 5) is 21.4. The number of carbonyl (C=O) groups is 1. The van der Waals surface area contributed by atoms with E-state index in [2.05, 4.69) is 58.9 Å². The zero-order chi connectivity index (χ0) is 18.6. The molecular formula is C22H26N4O. The Bertz CT molecular complexity index is 910. The molecule has 0 bridgehead atoms. The zero-order valence-electron chi connectivity index (χ0n) is 15.8. The lowest BCUT2D eigenvalue weighted by Gasteiger charge is -2.35. The van der Waals surface area contributed by atoms with Gasteiger partial charge in [-0.25, -0.2) is 4.98 Å². The van der Waals surface area contributed by atoms with Gasteiger partial charge in [-0.2, -0.15) is 0 Å². The lowest BCUT2D eigenvalue weighted by molar-refractivity contribution is -0.131. The van der Waals surface area contributed by atoms with Gasteiger partial charge in [-0.1, -0.05) is 49.4 Å². The van der Waals surface area contributed by atoms with Gasteiger partial charge in [0.25, 0.3) is 0 Å². The molecule has 1 fully saturated rings. The number of hydrogen-bond acceptors (Lipinski definition) is 3. The molecule has 0 aliphatic carbocycles. The summed E-state index contributed by atoms with van der Waals surface area (Å²) in [6.45, 7) is 6.05. The van der Waals surface area contributed by atoms with E-state index in [1.807, 2.05) is 17.0 Å². The van der Waals surface area contributed by atoms with Gasteiger partial charge in [-0.3, -0.25) is 4.79 Å². The molecule has 5 nitrogen and oxygen atoms in total. The van der Waals surface area contributed by atoms with Gasteiger partial charge >= 0.3 is 0 Å². The fourth-order valence-corrected chi connectivity index (χ4v) is 3.75. The van der Waals surface area contributed by atoms with E-state index in [1.165, 1.54) is 5.56 Å². The first-order valence-corrected chi connectivity index (χ1v) is 9.78. The molecule has 0 N–H and O–H groups in total. The van der Waals surface area contributed by atoms with Crippen molar-refractivity contribution in [3.63, 3.8) is 0 Å². The van der Waals surface area contributed by atoms with Crippen LogP contribution in [0.1, 0.15) is 25.3 Å². The predicted octanol–water partition coefficient (Wildman–Crippen LogP) is 3.53. The van der Waals surface area contributed by atoms with E-state index in [0.29, 0.717) is 6.42 Å². The Morgan fingerprint density at radius 3 is 2.41 bits per heavy atom. The van der Waals surface area contributed by atoms with Gasteiger partial charge in [0.05, 0.1) is 17.6 Å². The fourth-order valence-electron chi connectivity index (χ4n) is 3.75. The normalized spacial score (nSPS) is 14.7. The Labute approximate surface area is 160 Å². The van der Waals surface area contributed by atoms with Gasteiger partial charge < -0.3 is 14.4 Å². The van der Waals surface area contributed by atoms with Crippen LogP contribution in [0.3, 0.4) is 0 Å². The van der Waals surface area contributed by atoms with Crippen molar-refractivity contribution in [2.45, 2.75) is 26.3 Å².